The molecule has 0 spiro atoms. The van der Waals surface area contributed by atoms with Crippen molar-refractivity contribution in [3.63, 3.8) is 0 Å². The highest BCUT2D eigenvalue weighted by atomic mass is 32.2. The highest BCUT2D eigenvalue weighted by Crippen LogP contribution is 2.26. The van der Waals surface area contributed by atoms with Crippen molar-refractivity contribution < 1.29 is 13.2 Å². The number of likely N-dealkylation sites (N-methyl/N-ethyl adjacent to an activating group) is 1. The van der Waals surface area contributed by atoms with Crippen LogP contribution in [0.4, 0.5) is 0 Å². The normalized spacial score (nSPS) is 20.8. The molecule has 0 aromatic carbocycles. The molecule has 120 valence electrons. The van der Waals surface area contributed by atoms with Crippen molar-refractivity contribution in [2.24, 2.45) is 5.73 Å². The van der Waals surface area contributed by atoms with E-state index in [-0.39, 0.29) is 19.2 Å². The van der Waals surface area contributed by atoms with E-state index in [0.717, 1.165) is 25.2 Å². The van der Waals surface area contributed by atoms with Crippen LogP contribution in [0.25, 0.3) is 0 Å². The molecule has 6 nitrogen and oxygen atoms in total. The predicted molar refractivity (Wildman–Crippen MR) is 84.0 cm³/mol. The monoisotopic (exact) mass is 333 g/mol. The molecule has 1 saturated heterocycles. The third-order valence-electron chi connectivity index (χ3n) is 3.61. The van der Waals surface area contributed by atoms with Crippen molar-refractivity contribution in [1.82, 2.24) is 9.62 Å². The van der Waals surface area contributed by atoms with Crippen molar-refractivity contribution in [3.8, 4) is 0 Å². The molecule has 2 heterocycles. The molecule has 1 fully saturated rings. The van der Waals surface area contributed by atoms with Gasteiger partial charge in [0.15, 0.2) is 0 Å². The second-order valence-corrected chi connectivity index (χ2v) is 7.78. The zero-order valence-corrected chi connectivity index (χ0v) is 14.1. The third-order valence-corrected chi connectivity index (χ3v) is 6.52. The van der Waals surface area contributed by atoms with Crippen molar-refractivity contribution in [1.29, 1.82) is 0 Å². The van der Waals surface area contributed by atoms with Gasteiger partial charge in [-0.3, -0.25) is 4.90 Å². The minimum absolute atomic E-state index is 0.103. The van der Waals surface area contributed by atoms with Crippen LogP contribution in [0.15, 0.2) is 10.3 Å². The summed E-state index contributed by atoms with van der Waals surface area (Å²) in [5.41, 5.74) is 6.37. The molecular weight excluding hydrogens is 310 g/mol. The molecular formula is C13H23N3O3S2. The summed E-state index contributed by atoms with van der Waals surface area (Å²) in [7, 11) is -3.53. The number of sulfonamides is 1. The molecule has 1 aromatic heterocycles. The Hall–Kier alpha value is -0.510. The molecule has 3 N–H and O–H groups in total. The third kappa shape index (κ3) is 4.02. The number of nitrogens with zero attached hydrogens (tertiary/aromatic N) is 1. The summed E-state index contributed by atoms with van der Waals surface area (Å²) < 4.78 is 33.2. The summed E-state index contributed by atoms with van der Waals surface area (Å²) in [5.74, 6) is 0. The van der Waals surface area contributed by atoms with E-state index < -0.39 is 10.0 Å². The molecule has 2 rings (SSSR count). The average molecular weight is 333 g/mol. The summed E-state index contributed by atoms with van der Waals surface area (Å²) in [6, 6.07) is 0. The Labute approximate surface area is 130 Å². The summed E-state index contributed by atoms with van der Waals surface area (Å²) in [5, 5.41) is 1.83. The largest absolute Gasteiger partial charge is 0.374 e. The van der Waals surface area contributed by atoms with E-state index in [2.05, 4.69) is 16.5 Å². The maximum absolute atomic E-state index is 12.5. The highest BCUT2D eigenvalue weighted by molar-refractivity contribution is 7.89. The first-order valence-electron chi connectivity index (χ1n) is 7.08. The van der Waals surface area contributed by atoms with Crippen LogP contribution in [-0.4, -0.2) is 52.2 Å². The zero-order valence-electron chi connectivity index (χ0n) is 12.5. The van der Waals surface area contributed by atoms with Crippen molar-refractivity contribution in [2.45, 2.75) is 31.4 Å². The van der Waals surface area contributed by atoms with Crippen LogP contribution in [0.1, 0.15) is 17.4 Å². The number of morpholine rings is 1. The molecule has 21 heavy (non-hydrogen) atoms. The van der Waals surface area contributed by atoms with Crippen LogP contribution in [0.2, 0.25) is 0 Å². The minimum atomic E-state index is -3.53. The lowest BCUT2D eigenvalue weighted by atomic mass is 10.3. The van der Waals surface area contributed by atoms with Gasteiger partial charge >= 0.3 is 0 Å². The van der Waals surface area contributed by atoms with Crippen LogP contribution < -0.4 is 10.5 Å². The Morgan fingerprint density at radius 1 is 1.57 bits per heavy atom. The Morgan fingerprint density at radius 2 is 2.33 bits per heavy atom. The van der Waals surface area contributed by atoms with Crippen LogP contribution in [0.5, 0.6) is 0 Å². The fraction of sp³-hybridized carbons (Fsp3) is 0.692. The Kier molecular flexibility index (Phi) is 5.75. The van der Waals surface area contributed by atoms with E-state index in [1.165, 1.54) is 11.3 Å². The van der Waals surface area contributed by atoms with Gasteiger partial charge in [-0.15, -0.1) is 11.3 Å². The van der Waals surface area contributed by atoms with Crippen LogP contribution in [-0.2, 0) is 21.3 Å². The fourth-order valence-electron chi connectivity index (χ4n) is 2.46. The van der Waals surface area contributed by atoms with E-state index in [1.54, 1.807) is 6.92 Å². The SMILES string of the molecule is CCN1CCOC(CNS(=O)(=O)c2c(C)csc2CN)C1. The minimum Gasteiger partial charge on any atom is -0.374 e. The Balaban J connectivity index is 2.03. The van der Waals surface area contributed by atoms with E-state index in [4.69, 9.17) is 10.5 Å². The molecule has 0 aliphatic carbocycles. The number of thiophene rings is 1. The standard InChI is InChI=1S/C13H23N3O3S2/c1-3-16-4-5-19-11(8-16)7-15-21(17,18)13-10(2)9-20-12(13)6-14/h9,11,15H,3-8,14H2,1-2H3. The van der Waals surface area contributed by atoms with Gasteiger partial charge in [-0.1, -0.05) is 6.92 Å². The Morgan fingerprint density at radius 3 is 3.00 bits per heavy atom. The quantitative estimate of drug-likeness (QED) is 0.792. The van der Waals surface area contributed by atoms with Gasteiger partial charge < -0.3 is 10.5 Å². The fourth-order valence-corrected chi connectivity index (χ4v) is 5.22. The van der Waals surface area contributed by atoms with Crippen molar-refractivity contribution in [2.75, 3.05) is 32.8 Å². The molecule has 0 saturated carbocycles. The van der Waals surface area contributed by atoms with E-state index in [9.17, 15) is 8.42 Å². The van der Waals surface area contributed by atoms with Crippen molar-refractivity contribution >= 4 is 21.4 Å². The van der Waals surface area contributed by atoms with Gasteiger partial charge in [0.25, 0.3) is 0 Å². The van der Waals surface area contributed by atoms with Gasteiger partial charge in [-0.05, 0) is 24.4 Å². The zero-order chi connectivity index (χ0) is 15.5. The lowest BCUT2D eigenvalue weighted by molar-refractivity contribution is -0.0229. The second kappa shape index (κ2) is 7.17. The first kappa shape index (κ1) is 16.9. The summed E-state index contributed by atoms with van der Waals surface area (Å²) in [6.07, 6.45) is -0.103. The molecule has 1 aliphatic rings. The van der Waals surface area contributed by atoms with Crippen LogP contribution >= 0.6 is 11.3 Å². The van der Waals surface area contributed by atoms with Crippen LogP contribution in [0.3, 0.4) is 0 Å². The summed E-state index contributed by atoms with van der Waals surface area (Å²) in [4.78, 5) is 3.28. The molecule has 1 aliphatic heterocycles. The van der Waals surface area contributed by atoms with Gasteiger partial charge in [-0.2, -0.15) is 0 Å². The first-order valence-corrected chi connectivity index (χ1v) is 9.44. The molecule has 1 aromatic rings. The number of ether oxygens (including phenoxy) is 1. The first-order chi connectivity index (χ1) is 9.97. The van der Waals surface area contributed by atoms with Gasteiger partial charge in [0.05, 0.1) is 12.7 Å². The lowest BCUT2D eigenvalue weighted by Gasteiger charge is -2.32. The number of hydrogen-bond acceptors (Lipinski definition) is 6. The number of hydrogen-bond donors (Lipinski definition) is 2. The number of aryl methyl sites for hydroxylation is 1. The van der Waals surface area contributed by atoms with Gasteiger partial charge in [-0.25, -0.2) is 13.1 Å². The van der Waals surface area contributed by atoms with Crippen LogP contribution in [0, 0.1) is 6.92 Å². The second-order valence-electron chi connectivity index (χ2n) is 5.11. The molecule has 0 amide bonds. The smallest absolute Gasteiger partial charge is 0.242 e. The lowest BCUT2D eigenvalue weighted by Crippen LogP contribution is -2.47. The molecule has 8 heteroatoms. The summed E-state index contributed by atoms with van der Waals surface area (Å²) in [6.45, 7) is 7.66. The number of rotatable bonds is 6. The molecule has 1 atom stereocenters. The molecule has 0 radical (unpaired) electrons. The Bertz CT molecular complexity index is 571. The van der Waals surface area contributed by atoms with Gasteiger partial charge in [0, 0.05) is 31.1 Å². The predicted octanol–water partition coefficient (Wildman–Crippen LogP) is 0.514. The topological polar surface area (TPSA) is 84.7 Å². The maximum atomic E-state index is 12.5. The van der Waals surface area contributed by atoms with E-state index in [1.807, 2.05) is 5.38 Å². The molecule has 0 bridgehead atoms. The number of nitrogens with one attached hydrogen (secondary N) is 1. The van der Waals surface area contributed by atoms with Gasteiger partial charge in [0.1, 0.15) is 4.90 Å². The van der Waals surface area contributed by atoms with E-state index in [0.29, 0.717) is 16.4 Å². The highest BCUT2D eigenvalue weighted by Gasteiger charge is 2.25. The average Bonchev–Trinajstić information content (AvgIpc) is 2.87. The van der Waals surface area contributed by atoms with Crippen molar-refractivity contribution in [3.05, 3.63) is 15.8 Å². The summed E-state index contributed by atoms with van der Waals surface area (Å²) >= 11 is 1.38. The molecule has 1 unspecified atom stereocenters. The number of nitrogens with two attached hydrogens (primary N) is 1. The van der Waals surface area contributed by atoms with E-state index >= 15 is 0 Å². The van der Waals surface area contributed by atoms with Gasteiger partial charge in [0.2, 0.25) is 10.0 Å². The maximum Gasteiger partial charge on any atom is 0.242 e.